The number of phenolic OH excluding ortho intramolecular Hbond substituents is 1. The second kappa shape index (κ2) is 9.91. The summed E-state index contributed by atoms with van der Waals surface area (Å²) >= 11 is 3.13. The van der Waals surface area contributed by atoms with Gasteiger partial charge in [-0.1, -0.05) is 23.9 Å². The van der Waals surface area contributed by atoms with Gasteiger partial charge in [0, 0.05) is 17.5 Å². The minimum Gasteiger partial charge on any atom is -0.508 e. The highest BCUT2D eigenvalue weighted by Gasteiger charge is 2.26. The fourth-order valence-corrected chi connectivity index (χ4v) is 5.33. The number of thiazole rings is 1. The van der Waals surface area contributed by atoms with Crippen molar-refractivity contribution in [2.24, 2.45) is 0 Å². The molecule has 0 saturated heterocycles. The molecule has 0 aliphatic carbocycles. The molecule has 4 aromatic rings. The van der Waals surface area contributed by atoms with Crippen molar-refractivity contribution in [3.63, 3.8) is 0 Å². The van der Waals surface area contributed by atoms with E-state index in [0.717, 1.165) is 14.6 Å². The summed E-state index contributed by atoms with van der Waals surface area (Å²) in [6.07, 6.45) is 0. The SMILES string of the molecule is CCOC(=O)c1c(CSc2nc3ccccc3s2)oc2ccc(O)c(CN(C)C)c12.Cl. The van der Waals surface area contributed by atoms with Gasteiger partial charge in [0.25, 0.3) is 0 Å². The summed E-state index contributed by atoms with van der Waals surface area (Å²) in [5.41, 5.74) is 2.56. The number of rotatable bonds is 7. The second-order valence-corrected chi connectivity index (χ2v) is 9.28. The van der Waals surface area contributed by atoms with Crippen molar-refractivity contribution in [3.8, 4) is 5.75 Å². The summed E-state index contributed by atoms with van der Waals surface area (Å²) in [6.45, 7) is 2.51. The van der Waals surface area contributed by atoms with E-state index in [2.05, 4.69) is 4.98 Å². The van der Waals surface area contributed by atoms with Gasteiger partial charge >= 0.3 is 5.97 Å². The van der Waals surface area contributed by atoms with E-state index >= 15 is 0 Å². The molecule has 4 rings (SSSR count). The lowest BCUT2D eigenvalue weighted by Crippen LogP contribution is -2.12. The highest BCUT2D eigenvalue weighted by atomic mass is 35.5. The molecule has 0 spiro atoms. The average Bonchev–Trinajstić information content (AvgIpc) is 3.29. The molecular formula is C22H23ClN2O4S2. The molecule has 31 heavy (non-hydrogen) atoms. The van der Waals surface area contributed by atoms with Gasteiger partial charge < -0.3 is 19.2 Å². The Kier molecular flexibility index (Phi) is 7.48. The predicted octanol–water partition coefficient (Wildman–Crippen LogP) is 5.70. The summed E-state index contributed by atoms with van der Waals surface area (Å²) in [7, 11) is 3.82. The van der Waals surface area contributed by atoms with Crippen molar-refractivity contribution < 1.29 is 19.1 Å². The number of thioether (sulfide) groups is 1. The number of furan rings is 1. The molecule has 2 aromatic heterocycles. The molecule has 2 heterocycles. The normalized spacial score (nSPS) is 11.2. The first-order valence-corrected chi connectivity index (χ1v) is 11.3. The van der Waals surface area contributed by atoms with Crippen LogP contribution in [-0.4, -0.2) is 41.7 Å². The Morgan fingerprint density at radius 1 is 1.26 bits per heavy atom. The van der Waals surface area contributed by atoms with E-state index in [9.17, 15) is 9.90 Å². The minimum absolute atomic E-state index is 0. The molecule has 0 aliphatic rings. The maximum absolute atomic E-state index is 12.8. The highest BCUT2D eigenvalue weighted by Crippen LogP contribution is 2.38. The fraction of sp³-hybridized carbons (Fsp3) is 0.273. The van der Waals surface area contributed by atoms with E-state index in [1.54, 1.807) is 30.4 Å². The Balaban J connectivity index is 0.00000272. The van der Waals surface area contributed by atoms with Crippen molar-refractivity contribution >= 4 is 62.7 Å². The van der Waals surface area contributed by atoms with Crippen LogP contribution in [0.15, 0.2) is 45.2 Å². The number of para-hydroxylation sites is 1. The number of carbonyl (C=O) groups is 1. The number of carbonyl (C=O) groups excluding carboxylic acids is 1. The molecule has 9 heteroatoms. The van der Waals surface area contributed by atoms with Crippen LogP contribution in [0, 0.1) is 0 Å². The summed E-state index contributed by atoms with van der Waals surface area (Å²) in [5.74, 6) is 0.651. The number of nitrogens with zero attached hydrogens (tertiary/aromatic N) is 2. The molecular weight excluding hydrogens is 456 g/mol. The predicted molar refractivity (Wildman–Crippen MR) is 128 cm³/mol. The van der Waals surface area contributed by atoms with E-state index < -0.39 is 5.97 Å². The van der Waals surface area contributed by atoms with Gasteiger partial charge in [0.05, 0.1) is 22.6 Å². The van der Waals surface area contributed by atoms with Crippen LogP contribution in [0.3, 0.4) is 0 Å². The van der Waals surface area contributed by atoms with E-state index in [0.29, 0.717) is 40.2 Å². The van der Waals surface area contributed by atoms with Crippen LogP contribution in [0.1, 0.15) is 28.6 Å². The first-order valence-electron chi connectivity index (χ1n) is 9.54. The van der Waals surface area contributed by atoms with Crippen molar-refractivity contribution in [3.05, 3.63) is 53.3 Å². The van der Waals surface area contributed by atoms with Gasteiger partial charge in [-0.3, -0.25) is 0 Å². The number of benzene rings is 2. The zero-order chi connectivity index (χ0) is 21.3. The molecule has 0 saturated carbocycles. The summed E-state index contributed by atoms with van der Waals surface area (Å²) < 4.78 is 13.4. The van der Waals surface area contributed by atoms with Crippen LogP contribution in [0.4, 0.5) is 0 Å². The van der Waals surface area contributed by atoms with Crippen LogP contribution in [0.5, 0.6) is 5.75 Å². The number of halogens is 1. The number of fused-ring (bicyclic) bond motifs is 2. The van der Waals surface area contributed by atoms with Crippen LogP contribution in [0.25, 0.3) is 21.2 Å². The number of phenols is 1. The smallest absolute Gasteiger partial charge is 0.342 e. The maximum atomic E-state index is 12.8. The van der Waals surface area contributed by atoms with Crippen LogP contribution in [0.2, 0.25) is 0 Å². The first kappa shape index (κ1) is 23.4. The van der Waals surface area contributed by atoms with Gasteiger partial charge in [0.2, 0.25) is 0 Å². The fourth-order valence-electron chi connectivity index (χ4n) is 3.33. The maximum Gasteiger partial charge on any atom is 0.342 e. The van der Waals surface area contributed by atoms with Gasteiger partial charge in [-0.15, -0.1) is 23.7 Å². The Morgan fingerprint density at radius 2 is 2.03 bits per heavy atom. The molecule has 0 amide bonds. The van der Waals surface area contributed by atoms with Crippen LogP contribution in [-0.2, 0) is 17.0 Å². The van der Waals surface area contributed by atoms with Crippen LogP contribution >= 0.6 is 35.5 Å². The molecule has 6 nitrogen and oxygen atoms in total. The Bertz CT molecular complexity index is 1190. The summed E-state index contributed by atoms with van der Waals surface area (Å²) in [6, 6.07) is 11.3. The summed E-state index contributed by atoms with van der Waals surface area (Å²) in [5, 5.41) is 11.1. The van der Waals surface area contributed by atoms with E-state index in [-0.39, 0.29) is 24.8 Å². The minimum atomic E-state index is -0.443. The topological polar surface area (TPSA) is 75.8 Å². The van der Waals surface area contributed by atoms with Gasteiger partial charge in [0.1, 0.15) is 22.7 Å². The number of ether oxygens (including phenoxy) is 1. The Morgan fingerprint density at radius 3 is 2.74 bits per heavy atom. The molecule has 0 radical (unpaired) electrons. The van der Waals surface area contributed by atoms with Crippen molar-refractivity contribution in [2.45, 2.75) is 23.6 Å². The van der Waals surface area contributed by atoms with E-state index in [4.69, 9.17) is 9.15 Å². The molecule has 164 valence electrons. The number of aromatic nitrogens is 1. The lowest BCUT2D eigenvalue weighted by Gasteiger charge is -2.13. The van der Waals surface area contributed by atoms with Crippen LogP contribution < -0.4 is 0 Å². The molecule has 0 unspecified atom stereocenters. The van der Waals surface area contributed by atoms with Crippen molar-refractivity contribution in [1.82, 2.24) is 9.88 Å². The molecule has 0 fully saturated rings. The number of hydrogen-bond acceptors (Lipinski definition) is 8. The third-order valence-corrected chi connectivity index (χ3v) is 6.75. The monoisotopic (exact) mass is 478 g/mol. The molecule has 1 N–H and O–H groups in total. The van der Waals surface area contributed by atoms with Gasteiger partial charge in [-0.2, -0.15) is 0 Å². The number of aromatic hydroxyl groups is 1. The lowest BCUT2D eigenvalue weighted by atomic mass is 10.0. The molecule has 0 aliphatic heterocycles. The molecule has 0 bridgehead atoms. The number of hydrogen-bond donors (Lipinski definition) is 1. The summed E-state index contributed by atoms with van der Waals surface area (Å²) in [4.78, 5) is 19.4. The van der Waals surface area contributed by atoms with Gasteiger partial charge in [-0.05, 0) is 45.3 Å². The standard InChI is InChI=1S/C22H22N2O4S2.ClH/c1-4-27-21(26)20-17(12-29-22-23-14-7-5-6-8-18(14)30-22)28-16-10-9-15(25)13(19(16)20)11-24(2)3;/h5-10,25H,4,11-12H2,1-3H3;1H. The quantitative estimate of drug-likeness (QED) is 0.269. The molecule has 0 atom stereocenters. The zero-order valence-corrected chi connectivity index (χ0v) is 19.8. The van der Waals surface area contributed by atoms with Gasteiger partial charge in [0.15, 0.2) is 4.34 Å². The third kappa shape index (κ3) is 4.82. The Hall–Kier alpha value is -2.26. The Labute approximate surface area is 194 Å². The first-order chi connectivity index (χ1) is 14.5. The van der Waals surface area contributed by atoms with Crippen molar-refractivity contribution in [2.75, 3.05) is 20.7 Å². The lowest BCUT2D eigenvalue weighted by molar-refractivity contribution is 0.0526. The third-order valence-electron chi connectivity index (χ3n) is 4.57. The molecule has 2 aromatic carbocycles. The average molecular weight is 479 g/mol. The van der Waals surface area contributed by atoms with Gasteiger partial charge in [-0.25, -0.2) is 9.78 Å². The zero-order valence-electron chi connectivity index (χ0n) is 17.4. The highest BCUT2D eigenvalue weighted by molar-refractivity contribution is 8.00. The largest absolute Gasteiger partial charge is 0.508 e. The second-order valence-electron chi connectivity index (χ2n) is 7.03. The number of esters is 1. The van der Waals surface area contributed by atoms with E-state index in [1.807, 2.05) is 43.3 Å². The van der Waals surface area contributed by atoms with E-state index in [1.165, 1.54) is 11.8 Å². The van der Waals surface area contributed by atoms with Crippen molar-refractivity contribution in [1.29, 1.82) is 0 Å².